The van der Waals surface area contributed by atoms with Crippen LogP contribution in [0.1, 0.15) is 18.9 Å². The first kappa shape index (κ1) is 14.4. The van der Waals surface area contributed by atoms with Crippen LogP contribution in [0.4, 0.5) is 11.4 Å². The van der Waals surface area contributed by atoms with Crippen molar-refractivity contribution in [1.29, 1.82) is 0 Å². The lowest BCUT2D eigenvalue weighted by Crippen LogP contribution is -2.44. The Kier molecular flexibility index (Phi) is 3.89. The zero-order valence-corrected chi connectivity index (χ0v) is 13.2. The summed E-state index contributed by atoms with van der Waals surface area (Å²) in [4.78, 5) is 16.8. The first-order chi connectivity index (χ1) is 10.0. The molecule has 2 atom stereocenters. The van der Waals surface area contributed by atoms with Gasteiger partial charge in [0.2, 0.25) is 5.91 Å². The minimum absolute atomic E-state index is 0.175. The molecule has 114 valence electrons. The Morgan fingerprint density at radius 2 is 1.90 bits per heavy atom. The molecule has 1 amide bonds. The summed E-state index contributed by atoms with van der Waals surface area (Å²) in [5.41, 5.74) is 3.46. The van der Waals surface area contributed by atoms with Gasteiger partial charge in [-0.3, -0.25) is 4.79 Å². The third-order valence-corrected chi connectivity index (χ3v) is 4.75. The fourth-order valence-electron chi connectivity index (χ4n) is 3.06. The molecule has 0 radical (unpaired) electrons. The number of nitrogens with one attached hydrogen (secondary N) is 1. The van der Waals surface area contributed by atoms with Crippen molar-refractivity contribution in [2.45, 2.75) is 20.3 Å². The summed E-state index contributed by atoms with van der Waals surface area (Å²) in [6.07, 6.45) is 1.03. The molecule has 4 nitrogen and oxygen atoms in total. The van der Waals surface area contributed by atoms with Gasteiger partial charge in [0.1, 0.15) is 0 Å². The van der Waals surface area contributed by atoms with E-state index in [2.05, 4.69) is 48.1 Å². The number of likely N-dealkylation sites (N-methyl/N-ethyl adjacent to an activating group) is 1. The normalized spacial score (nSPS) is 25.8. The molecule has 1 N–H and O–H groups in total. The zero-order valence-electron chi connectivity index (χ0n) is 13.2. The summed E-state index contributed by atoms with van der Waals surface area (Å²) in [5, 5.41) is 3.05. The lowest BCUT2D eigenvalue weighted by atomic mass is 10.1. The van der Waals surface area contributed by atoms with E-state index in [4.69, 9.17) is 0 Å². The summed E-state index contributed by atoms with van der Waals surface area (Å²) in [5.74, 6) is 0.951. The molecule has 2 fully saturated rings. The van der Waals surface area contributed by atoms with E-state index >= 15 is 0 Å². The number of piperazine rings is 1. The third-order valence-electron chi connectivity index (χ3n) is 4.75. The average Bonchev–Trinajstić information content (AvgIpc) is 3.18. The van der Waals surface area contributed by atoms with Gasteiger partial charge in [0.15, 0.2) is 0 Å². The van der Waals surface area contributed by atoms with Crippen molar-refractivity contribution in [3.63, 3.8) is 0 Å². The minimum Gasteiger partial charge on any atom is -0.369 e. The summed E-state index contributed by atoms with van der Waals surface area (Å²) in [6.45, 7) is 8.62. The maximum absolute atomic E-state index is 12.0. The first-order valence-corrected chi connectivity index (χ1v) is 7.89. The molecular weight excluding hydrogens is 262 g/mol. The largest absolute Gasteiger partial charge is 0.369 e. The highest BCUT2D eigenvalue weighted by Gasteiger charge is 2.39. The van der Waals surface area contributed by atoms with Crippen molar-refractivity contribution in [2.75, 3.05) is 43.4 Å². The lowest BCUT2D eigenvalue weighted by Gasteiger charge is -2.35. The minimum atomic E-state index is 0.175. The Labute approximate surface area is 127 Å². The number of benzene rings is 1. The van der Waals surface area contributed by atoms with Crippen LogP contribution in [-0.4, -0.2) is 44.0 Å². The molecule has 2 aliphatic rings. The maximum atomic E-state index is 12.0. The van der Waals surface area contributed by atoms with Gasteiger partial charge in [0.05, 0.1) is 0 Å². The van der Waals surface area contributed by atoms with Crippen molar-refractivity contribution >= 4 is 17.3 Å². The third kappa shape index (κ3) is 3.21. The summed E-state index contributed by atoms with van der Waals surface area (Å²) >= 11 is 0. The van der Waals surface area contributed by atoms with Crippen LogP contribution in [0.25, 0.3) is 0 Å². The van der Waals surface area contributed by atoms with Gasteiger partial charge >= 0.3 is 0 Å². The van der Waals surface area contributed by atoms with Crippen molar-refractivity contribution in [3.8, 4) is 0 Å². The Morgan fingerprint density at radius 3 is 2.48 bits per heavy atom. The number of nitrogens with zero attached hydrogens (tertiary/aromatic N) is 2. The van der Waals surface area contributed by atoms with E-state index < -0.39 is 0 Å². The van der Waals surface area contributed by atoms with Gasteiger partial charge in [-0.2, -0.15) is 0 Å². The average molecular weight is 287 g/mol. The summed E-state index contributed by atoms with van der Waals surface area (Å²) in [7, 11) is 2.17. The van der Waals surface area contributed by atoms with E-state index in [9.17, 15) is 4.79 Å². The Balaban J connectivity index is 1.66. The van der Waals surface area contributed by atoms with Crippen LogP contribution < -0.4 is 10.2 Å². The second-order valence-corrected chi connectivity index (χ2v) is 6.60. The van der Waals surface area contributed by atoms with Crippen LogP contribution in [0.15, 0.2) is 18.2 Å². The van der Waals surface area contributed by atoms with Crippen LogP contribution in [0, 0.1) is 18.8 Å². The molecular formula is C17H25N3O. The second kappa shape index (κ2) is 5.68. The van der Waals surface area contributed by atoms with Crippen molar-refractivity contribution in [3.05, 3.63) is 23.8 Å². The molecule has 1 aromatic rings. The number of rotatable bonds is 3. The van der Waals surface area contributed by atoms with Gasteiger partial charge in [-0.15, -0.1) is 0 Å². The predicted octanol–water partition coefficient (Wildman–Crippen LogP) is 2.34. The molecule has 4 heteroatoms. The van der Waals surface area contributed by atoms with Crippen molar-refractivity contribution in [2.24, 2.45) is 11.8 Å². The zero-order chi connectivity index (χ0) is 15.0. The molecule has 1 aliphatic heterocycles. The maximum Gasteiger partial charge on any atom is 0.227 e. The van der Waals surface area contributed by atoms with Crippen LogP contribution >= 0.6 is 0 Å². The monoisotopic (exact) mass is 287 g/mol. The number of hydrogen-bond acceptors (Lipinski definition) is 3. The van der Waals surface area contributed by atoms with Crippen LogP contribution in [0.5, 0.6) is 0 Å². The molecule has 0 bridgehead atoms. The number of carbonyl (C=O) groups is 1. The Bertz CT molecular complexity index is 535. The molecule has 1 aliphatic carbocycles. The molecule has 1 aromatic carbocycles. The SMILES string of the molecule is Cc1cc(NC(=O)[C@H]2C[C@@H]2C)ccc1N1CCN(C)CC1. The highest BCUT2D eigenvalue weighted by atomic mass is 16.2. The molecule has 1 heterocycles. The second-order valence-electron chi connectivity index (χ2n) is 6.60. The van der Waals surface area contributed by atoms with Gasteiger partial charge in [-0.05, 0) is 50.1 Å². The standard InChI is InChI=1S/C17H25N3O/c1-12-11-15(12)17(21)18-14-4-5-16(13(2)10-14)20-8-6-19(3)7-9-20/h4-5,10,12,15H,6-9,11H2,1-3H3,(H,18,21)/t12-,15-/m0/s1. The van der Waals surface area contributed by atoms with Gasteiger partial charge in [-0.1, -0.05) is 6.92 Å². The van der Waals surface area contributed by atoms with E-state index in [-0.39, 0.29) is 11.8 Å². The summed E-state index contributed by atoms with van der Waals surface area (Å²) < 4.78 is 0. The van der Waals surface area contributed by atoms with E-state index in [1.54, 1.807) is 0 Å². The lowest BCUT2D eigenvalue weighted by molar-refractivity contribution is -0.117. The molecule has 0 spiro atoms. The Morgan fingerprint density at radius 1 is 1.24 bits per heavy atom. The van der Waals surface area contributed by atoms with Crippen LogP contribution in [-0.2, 0) is 4.79 Å². The van der Waals surface area contributed by atoms with Crippen LogP contribution in [0.2, 0.25) is 0 Å². The smallest absolute Gasteiger partial charge is 0.227 e. The van der Waals surface area contributed by atoms with Gasteiger partial charge < -0.3 is 15.1 Å². The topological polar surface area (TPSA) is 35.6 Å². The fourth-order valence-corrected chi connectivity index (χ4v) is 3.06. The highest BCUT2D eigenvalue weighted by Crippen LogP contribution is 2.38. The van der Waals surface area contributed by atoms with E-state index in [0.29, 0.717) is 5.92 Å². The molecule has 3 rings (SSSR count). The number of anilines is 2. The molecule has 21 heavy (non-hydrogen) atoms. The van der Waals surface area contributed by atoms with Crippen molar-refractivity contribution < 1.29 is 4.79 Å². The van der Waals surface area contributed by atoms with Crippen molar-refractivity contribution in [1.82, 2.24) is 4.90 Å². The predicted molar refractivity (Wildman–Crippen MR) is 86.8 cm³/mol. The number of carbonyl (C=O) groups excluding carboxylic acids is 1. The van der Waals surface area contributed by atoms with Gasteiger partial charge in [0, 0.05) is 43.5 Å². The van der Waals surface area contributed by atoms with E-state index in [1.807, 2.05) is 6.07 Å². The van der Waals surface area contributed by atoms with Gasteiger partial charge in [-0.25, -0.2) is 0 Å². The molecule has 0 unspecified atom stereocenters. The van der Waals surface area contributed by atoms with E-state index in [1.165, 1.54) is 11.3 Å². The fraction of sp³-hybridized carbons (Fsp3) is 0.588. The Hall–Kier alpha value is -1.55. The molecule has 1 saturated heterocycles. The first-order valence-electron chi connectivity index (χ1n) is 7.89. The molecule has 1 saturated carbocycles. The highest BCUT2D eigenvalue weighted by molar-refractivity contribution is 5.94. The van der Waals surface area contributed by atoms with Crippen LogP contribution in [0.3, 0.4) is 0 Å². The molecule has 0 aromatic heterocycles. The number of aryl methyl sites for hydroxylation is 1. The number of hydrogen-bond donors (Lipinski definition) is 1. The van der Waals surface area contributed by atoms with Gasteiger partial charge in [0.25, 0.3) is 0 Å². The number of amides is 1. The van der Waals surface area contributed by atoms with E-state index in [0.717, 1.165) is 38.3 Å². The summed E-state index contributed by atoms with van der Waals surface area (Å²) in [6, 6.07) is 6.27. The quantitative estimate of drug-likeness (QED) is 0.927.